The fourth-order valence-corrected chi connectivity index (χ4v) is 5.33. The highest BCUT2D eigenvalue weighted by atomic mass is 16.5. The Morgan fingerprint density at radius 3 is 0.915 bits per heavy atom. The molecule has 0 N–H and O–H groups in total. The second kappa shape index (κ2) is 15.4. The molecular formula is C41H38N2O4. The van der Waals surface area contributed by atoms with Crippen LogP contribution in [0.3, 0.4) is 0 Å². The molecule has 0 aromatic heterocycles. The maximum Gasteiger partial charge on any atom is 0.119 e. The monoisotopic (exact) mass is 622 g/mol. The van der Waals surface area contributed by atoms with Crippen molar-refractivity contribution in [2.45, 2.75) is 6.42 Å². The summed E-state index contributed by atoms with van der Waals surface area (Å²) in [5, 5.41) is 0. The normalized spacial score (nSPS) is 10.6. The summed E-state index contributed by atoms with van der Waals surface area (Å²) < 4.78 is 22.8. The molecule has 0 atom stereocenters. The van der Waals surface area contributed by atoms with Gasteiger partial charge in [-0.15, -0.1) is 0 Å². The lowest BCUT2D eigenvalue weighted by Crippen LogP contribution is -2.10. The highest BCUT2D eigenvalue weighted by Gasteiger charge is 2.14. The van der Waals surface area contributed by atoms with Gasteiger partial charge in [-0.25, -0.2) is 0 Å². The number of ether oxygens (including phenoxy) is 4. The minimum Gasteiger partial charge on any atom is -0.497 e. The molecule has 6 nitrogen and oxygen atoms in total. The topological polar surface area (TPSA) is 43.4 Å². The Morgan fingerprint density at radius 2 is 0.617 bits per heavy atom. The third kappa shape index (κ3) is 7.86. The number of nitrogens with zero attached hydrogens (tertiary/aromatic N) is 2. The van der Waals surface area contributed by atoms with E-state index in [1.807, 2.05) is 84.9 Å². The molecule has 0 unspecified atom stereocenters. The van der Waals surface area contributed by atoms with Gasteiger partial charge in [0.25, 0.3) is 0 Å². The van der Waals surface area contributed by atoms with Crippen LogP contribution in [-0.2, 0) is 0 Å². The highest BCUT2D eigenvalue weighted by Crippen LogP contribution is 2.37. The molecule has 0 fully saturated rings. The molecule has 0 heterocycles. The summed E-state index contributed by atoms with van der Waals surface area (Å²) in [6.07, 6.45) is 0.757. The van der Waals surface area contributed by atoms with E-state index in [1.54, 1.807) is 14.2 Å². The van der Waals surface area contributed by atoms with Crippen LogP contribution in [0.5, 0.6) is 23.0 Å². The van der Waals surface area contributed by atoms with Gasteiger partial charge in [-0.2, -0.15) is 0 Å². The van der Waals surface area contributed by atoms with Gasteiger partial charge >= 0.3 is 0 Å². The van der Waals surface area contributed by atoms with Crippen molar-refractivity contribution in [3.05, 3.63) is 158 Å². The number of hydrogen-bond acceptors (Lipinski definition) is 6. The Hall–Kier alpha value is -5.88. The van der Waals surface area contributed by atoms with E-state index in [2.05, 4.69) is 82.6 Å². The number of anilines is 6. The second-order valence-electron chi connectivity index (χ2n) is 10.8. The van der Waals surface area contributed by atoms with Gasteiger partial charge < -0.3 is 28.7 Å². The zero-order valence-corrected chi connectivity index (χ0v) is 26.7. The van der Waals surface area contributed by atoms with Crippen molar-refractivity contribution in [3.8, 4) is 23.0 Å². The van der Waals surface area contributed by atoms with Crippen molar-refractivity contribution in [1.82, 2.24) is 0 Å². The van der Waals surface area contributed by atoms with Crippen LogP contribution in [0.2, 0.25) is 0 Å². The molecule has 6 aromatic carbocycles. The average Bonchev–Trinajstić information content (AvgIpc) is 3.14. The van der Waals surface area contributed by atoms with Gasteiger partial charge in [-0.1, -0.05) is 36.4 Å². The third-order valence-electron chi connectivity index (χ3n) is 7.71. The fourth-order valence-electron chi connectivity index (χ4n) is 5.33. The molecule has 0 aliphatic carbocycles. The Labute approximate surface area is 277 Å². The highest BCUT2D eigenvalue weighted by molar-refractivity contribution is 5.78. The minimum absolute atomic E-state index is 0.553. The van der Waals surface area contributed by atoms with Crippen LogP contribution in [-0.4, -0.2) is 27.4 Å². The first-order valence-electron chi connectivity index (χ1n) is 15.7. The summed E-state index contributed by atoms with van der Waals surface area (Å²) in [6.45, 7) is 1.11. The zero-order valence-electron chi connectivity index (χ0n) is 26.7. The predicted octanol–water partition coefficient (Wildman–Crippen LogP) is 10.5. The summed E-state index contributed by atoms with van der Waals surface area (Å²) in [5.41, 5.74) is 6.32. The van der Waals surface area contributed by atoms with E-state index < -0.39 is 0 Å². The lowest BCUT2D eigenvalue weighted by Gasteiger charge is -2.25. The number of methoxy groups -OCH3 is 2. The van der Waals surface area contributed by atoms with Crippen LogP contribution in [0.25, 0.3) is 0 Å². The van der Waals surface area contributed by atoms with E-state index in [9.17, 15) is 0 Å². The van der Waals surface area contributed by atoms with Crippen LogP contribution < -0.4 is 28.7 Å². The van der Waals surface area contributed by atoms with Crippen molar-refractivity contribution in [3.63, 3.8) is 0 Å². The van der Waals surface area contributed by atoms with Gasteiger partial charge in [-0.05, 0) is 121 Å². The van der Waals surface area contributed by atoms with Crippen molar-refractivity contribution >= 4 is 34.1 Å². The van der Waals surface area contributed by atoms with Gasteiger partial charge in [0.05, 0.1) is 27.4 Å². The maximum absolute atomic E-state index is 6.05. The molecule has 47 heavy (non-hydrogen) atoms. The first kappa shape index (κ1) is 31.1. The molecule has 0 amide bonds. The van der Waals surface area contributed by atoms with Gasteiger partial charge in [0, 0.05) is 40.5 Å². The molecule has 0 aliphatic rings. The van der Waals surface area contributed by atoms with Gasteiger partial charge in [0.1, 0.15) is 23.0 Å². The Bertz CT molecular complexity index is 1660. The zero-order chi connectivity index (χ0) is 32.3. The van der Waals surface area contributed by atoms with E-state index in [1.165, 1.54) is 0 Å². The molecule has 6 rings (SSSR count). The van der Waals surface area contributed by atoms with E-state index in [4.69, 9.17) is 18.9 Å². The number of rotatable bonds is 14. The molecule has 6 heteroatoms. The van der Waals surface area contributed by atoms with Crippen molar-refractivity contribution in [1.29, 1.82) is 0 Å². The van der Waals surface area contributed by atoms with Gasteiger partial charge in [-0.3, -0.25) is 0 Å². The Kier molecular flexibility index (Phi) is 10.2. The molecule has 0 radical (unpaired) electrons. The molecule has 0 spiro atoms. The largest absolute Gasteiger partial charge is 0.497 e. The summed E-state index contributed by atoms with van der Waals surface area (Å²) in [4.78, 5) is 4.41. The van der Waals surface area contributed by atoms with Crippen molar-refractivity contribution < 1.29 is 18.9 Å². The van der Waals surface area contributed by atoms with E-state index in [-0.39, 0.29) is 0 Å². The molecule has 0 bridgehead atoms. The average molecular weight is 623 g/mol. The molecule has 0 saturated heterocycles. The van der Waals surface area contributed by atoms with Gasteiger partial charge in [0.15, 0.2) is 0 Å². The van der Waals surface area contributed by atoms with Crippen LogP contribution >= 0.6 is 0 Å². The summed E-state index contributed by atoms with van der Waals surface area (Å²) in [5.74, 6) is 3.29. The van der Waals surface area contributed by atoms with Gasteiger partial charge in [0.2, 0.25) is 0 Å². The molecule has 0 aliphatic heterocycles. The molecule has 236 valence electrons. The summed E-state index contributed by atoms with van der Waals surface area (Å²) in [7, 11) is 3.36. The number of benzene rings is 6. The maximum atomic E-state index is 6.05. The minimum atomic E-state index is 0.553. The first-order chi connectivity index (χ1) is 23.2. The van der Waals surface area contributed by atoms with Crippen molar-refractivity contribution in [2.75, 3.05) is 37.2 Å². The number of para-hydroxylation sites is 2. The van der Waals surface area contributed by atoms with Crippen LogP contribution in [0.1, 0.15) is 6.42 Å². The van der Waals surface area contributed by atoms with E-state index in [0.717, 1.165) is 63.5 Å². The lowest BCUT2D eigenvalue weighted by atomic mass is 10.2. The van der Waals surface area contributed by atoms with E-state index >= 15 is 0 Å². The quantitative estimate of drug-likeness (QED) is 0.113. The predicted molar refractivity (Wildman–Crippen MR) is 191 cm³/mol. The Balaban J connectivity index is 1.04. The van der Waals surface area contributed by atoms with Crippen LogP contribution in [0.4, 0.5) is 34.1 Å². The second-order valence-corrected chi connectivity index (χ2v) is 10.8. The van der Waals surface area contributed by atoms with Crippen LogP contribution in [0.15, 0.2) is 158 Å². The molecule has 0 saturated carbocycles. The standard InChI is InChI=1S/C41H38N2O4/c1-44-38-22-14-34(15-23-38)42(32-10-5-3-6-11-32)36-18-26-40(27-19-36)46-30-9-31-47-41-28-20-37(21-29-41)43(33-12-7-4-8-13-33)35-16-24-39(45-2)25-17-35/h3-8,10-29H,9,30-31H2,1-2H3. The van der Waals surface area contributed by atoms with Crippen LogP contribution in [0, 0.1) is 0 Å². The smallest absolute Gasteiger partial charge is 0.119 e. The Morgan fingerprint density at radius 1 is 0.340 bits per heavy atom. The van der Waals surface area contributed by atoms with E-state index in [0.29, 0.717) is 13.2 Å². The third-order valence-corrected chi connectivity index (χ3v) is 7.71. The lowest BCUT2D eigenvalue weighted by molar-refractivity contribution is 0.247. The van der Waals surface area contributed by atoms with Crippen molar-refractivity contribution in [2.24, 2.45) is 0 Å². The fraction of sp³-hybridized carbons (Fsp3) is 0.122. The SMILES string of the molecule is COc1ccc(N(c2ccccc2)c2ccc(OCCCOc3ccc(N(c4ccccc4)c4ccc(OC)cc4)cc3)cc2)cc1. The molecular weight excluding hydrogens is 584 g/mol. The number of hydrogen-bond donors (Lipinski definition) is 0. The summed E-state index contributed by atoms with van der Waals surface area (Å²) >= 11 is 0. The summed E-state index contributed by atoms with van der Waals surface area (Å²) in [6, 6.07) is 53.1. The molecule has 6 aromatic rings. The first-order valence-corrected chi connectivity index (χ1v) is 15.7.